The second-order valence-corrected chi connectivity index (χ2v) is 16.6. The van der Waals surface area contributed by atoms with Gasteiger partial charge in [0.25, 0.3) is 0 Å². The SMILES string of the molecule is CC(C)CCCC(C)[C@H]1CC[C@H]2C3CC=C4C[C@@H](OP(=O)(O)OC5C(=O)O[C@H](C(O)CO)C5=O)CC[C@]4(C)[C@H]3CC[C@]12C. The molecule has 3 saturated carbocycles. The Kier molecular flexibility index (Phi) is 9.75. The minimum atomic E-state index is -4.80. The summed E-state index contributed by atoms with van der Waals surface area (Å²) in [5.74, 6) is 2.17. The van der Waals surface area contributed by atoms with Crippen molar-refractivity contribution in [3.8, 4) is 0 Å². The molecule has 0 bridgehead atoms. The smallest absolute Gasteiger partial charge is 0.449 e. The Bertz CT molecular complexity index is 1140. The first-order valence-electron chi connectivity index (χ1n) is 16.6. The predicted octanol–water partition coefficient (Wildman–Crippen LogP) is 5.75. The summed E-state index contributed by atoms with van der Waals surface area (Å²) < 4.78 is 28.2. The number of hydrogen-bond acceptors (Lipinski definition) is 8. The van der Waals surface area contributed by atoms with Crippen molar-refractivity contribution in [1.29, 1.82) is 0 Å². The summed E-state index contributed by atoms with van der Waals surface area (Å²) in [5, 5.41) is 18.8. The minimum Gasteiger partial charge on any atom is -0.449 e. The van der Waals surface area contributed by atoms with Crippen LogP contribution in [-0.4, -0.2) is 57.9 Å². The maximum Gasteiger partial charge on any atom is 0.473 e. The molecule has 1 aliphatic heterocycles. The van der Waals surface area contributed by atoms with Gasteiger partial charge < -0.3 is 19.8 Å². The van der Waals surface area contributed by atoms with Crippen LogP contribution < -0.4 is 0 Å². The highest BCUT2D eigenvalue weighted by Gasteiger charge is 2.59. The van der Waals surface area contributed by atoms with E-state index in [1.807, 2.05) is 0 Å². The zero-order valence-corrected chi connectivity index (χ0v) is 27.5. The Morgan fingerprint density at radius 1 is 1.05 bits per heavy atom. The molecule has 5 aliphatic rings. The number of carbonyl (C=O) groups excluding carboxylic acids is 2. The number of ketones is 1. The molecule has 5 rings (SSSR count). The van der Waals surface area contributed by atoms with E-state index >= 15 is 0 Å². The van der Waals surface area contributed by atoms with Gasteiger partial charge in [-0.25, -0.2) is 9.36 Å². The molecule has 10 heteroatoms. The van der Waals surface area contributed by atoms with E-state index in [4.69, 9.17) is 18.9 Å². The molecular formula is C33H53O9P. The van der Waals surface area contributed by atoms with E-state index in [2.05, 4.69) is 40.7 Å². The quantitative estimate of drug-likeness (QED) is 0.114. The van der Waals surface area contributed by atoms with Crippen molar-refractivity contribution in [2.75, 3.05) is 6.61 Å². The highest BCUT2D eigenvalue weighted by molar-refractivity contribution is 7.47. The number of hydrogen-bond donors (Lipinski definition) is 3. The van der Waals surface area contributed by atoms with E-state index in [0.717, 1.165) is 36.5 Å². The van der Waals surface area contributed by atoms with Gasteiger partial charge in [0.1, 0.15) is 6.10 Å². The first-order valence-corrected chi connectivity index (χ1v) is 18.1. The Morgan fingerprint density at radius 2 is 1.79 bits per heavy atom. The van der Waals surface area contributed by atoms with E-state index in [0.29, 0.717) is 30.1 Å². The average Bonchev–Trinajstić information content (AvgIpc) is 3.43. The van der Waals surface area contributed by atoms with Gasteiger partial charge in [-0.1, -0.05) is 65.5 Å². The van der Waals surface area contributed by atoms with E-state index in [-0.39, 0.29) is 5.41 Å². The summed E-state index contributed by atoms with van der Waals surface area (Å²) in [7, 11) is -4.80. The third kappa shape index (κ3) is 6.33. The zero-order valence-electron chi connectivity index (χ0n) is 26.6. The van der Waals surface area contributed by atoms with Crippen LogP contribution >= 0.6 is 7.82 Å². The first-order chi connectivity index (χ1) is 20.2. The van der Waals surface area contributed by atoms with Gasteiger partial charge in [-0.3, -0.25) is 13.8 Å². The number of phosphoric ester groups is 1. The average molecular weight is 625 g/mol. The van der Waals surface area contributed by atoms with Crippen molar-refractivity contribution < 1.29 is 43.0 Å². The largest absolute Gasteiger partial charge is 0.473 e. The van der Waals surface area contributed by atoms with Crippen LogP contribution in [0.2, 0.25) is 0 Å². The van der Waals surface area contributed by atoms with Crippen LogP contribution in [0.3, 0.4) is 0 Å². The van der Waals surface area contributed by atoms with E-state index in [1.165, 1.54) is 50.5 Å². The summed E-state index contributed by atoms with van der Waals surface area (Å²) in [6, 6.07) is 0. The van der Waals surface area contributed by atoms with Gasteiger partial charge in [0.15, 0.2) is 6.10 Å². The summed E-state index contributed by atoms with van der Waals surface area (Å²) in [6.07, 6.45) is 8.69. The molecular weight excluding hydrogens is 571 g/mol. The number of aliphatic hydroxyl groups is 2. The van der Waals surface area contributed by atoms with Gasteiger partial charge in [-0.2, -0.15) is 0 Å². The monoisotopic (exact) mass is 624 g/mol. The number of carbonyl (C=O) groups is 2. The van der Waals surface area contributed by atoms with Crippen molar-refractivity contribution in [3.05, 3.63) is 11.6 Å². The number of phosphoric acid groups is 1. The van der Waals surface area contributed by atoms with Crippen molar-refractivity contribution in [3.63, 3.8) is 0 Å². The molecule has 244 valence electrons. The van der Waals surface area contributed by atoms with Crippen LogP contribution in [0.4, 0.5) is 0 Å². The van der Waals surface area contributed by atoms with Crippen molar-refractivity contribution in [2.24, 2.45) is 46.3 Å². The number of allylic oxidation sites excluding steroid dienone is 1. The number of fused-ring (bicyclic) bond motifs is 5. The number of rotatable bonds is 11. The van der Waals surface area contributed by atoms with Crippen LogP contribution in [0.1, 0.15) is 105 Å². The summed E-state index contributed by atoms with van der Waals surface area (Å²) in [4.78, 5) is 35.1. The highest BCUT2D eigenvalue weighted by atomic mass is 31.2. The zero-order chi connectivity index (χ0) is 31.3. The maximum absolute atomic E-state index is 12.9. The normalized spacial score (nSPS) is 42.0. The van der Waals surface area contributed by atoms with Crippen LogP contribution in [0.5, 0.6) is 0 Å². The lowest BCUT2D eigenvalue weighted by molar-refractivity contribution is -0.151. The maximum atomic E-state index is 12.9. The molecule has 0 spiro atoms. The molecule has 0 radical (unpaired) electrons. The van der Waals surface area contributed by atoms with Gasteiger partial charge in [-0.05, 0) is 97.7 Å². The van der Waals surface area contributed by atoms with Gasteiger partial charge in [0.2, 0.25) is 11.9 Å². The van der Waals surface area contributed by atoms with Crippen molar-refractivity contribution in [2.45, 2.75) is 130 Å². The molecule has 0 amide bonds. The van der Waals surface area contributed by atoms with Crippen LogP contribution in [0.15, 0.2) is 11.6 Å². The molecule has 9 nitrogen and oxygen atoms in total. The molecule has 0 aromatic carbocycles. The third-order valence-electron chi connectivity index (χ3n) is 12.3. The predicted molar refractivity (Wildman–Crippen MR) is 161 cm³/mol. The molecule has 1 saturated heterocycles. The Hall–Kier alpha value is -1.09. The van der Waals surface area contributed by atoms with Crippen LogP contribution in [-0.2, 0) is 27.9 Å². The first kappa shape index (κ1) is 33.3. The van der Waals surface area contributed by atoms with Crippen molar-refractivity contribution in [1.82, 2.24) is 0 Å². The fraction of sp³-hybridized carbons (Fsp3) is 0.879. The Morgan fingerprint density at radius 3 is 2.49 bits per heavy atom. The standard InChI is InChI=1S/C33H53O9P/c1-19(2)7-6-8-20(3)24-11-12-25-23-10-9-21-17-22(13-15-32(21,4)26(23)14-16-33(24,25)5)41-43(38,39)42-30-28(36)29(27(35)18-34)40-31(30)37/h9,19-20,22-27,29-30,34-35H,6-8,10-18H2,1-5H3,(H,38,39)/t20?,22-,23?,24+,25-,26-,27?,29+,30?,32-,33+/m0/s1. The molecule has 43 heavy (non-hydrogen) atoms. The second kappa shape index (κ2) is 12.6. The number of Topliss-reactive ketones (excluding diaryl/α,β-unsaturated/α-hetero) is 1. The third-order valence-corrected chi connectivity index (χ3v) is 13.4. The summed E-state index contributed by atoms with van der Waals surface area (Å²) in [6.45, 7) is 11.3. The second-order valence-electron chi connectivity index (χ2n) is 15.2. The molecule has 0 aromatic rings. The molecule has 5 unspecified atom stereocenters. The molecule has 1 heterocycles. The fourth-order valence-electron chi connectivity index (χ4n) is 10.1. The van der Waals surface area contributed by atoms with Crippen LogP contribution in [0.25, 0.3) is 0 Å². The molecule has 3 N–H and O–H groups in total. The Balaban J connectivity index is 1.22. The molecule has 4 fully saturated rings. The lowest BCUT2D eigenvalue weighted by Gasteiger charge is -2.58. The molecule has 4 aliphatic carbocycles. The summed E-state index contributed by atoms with van der Waals surface area (Å²) in [5.41, 5.74) is 1.73. The Labute approximate surface area is 256 Å². The van der Waals surface area contributed by atoms with E-state index in [1.54, 1.807) is 0 Å². The number of cyclic esters (lactones) is 1. The fourth-order valence-corrected chi connectivity index (χ4v) is 11.1. The van der Waals surface area contributed by atoms with Crippen molar-refractivity contribution >= 4 is 19.6 Å². The lowest BCUT2D eigenvalue weighted by atomic mass is 9.47. The van der Waals surface area contributed by atoms with E-state index < -0.39 is 50.6 Å². The summed E-state index contributed by atoms with van der Waals surface area (Å²) >= 11 is 0. The van der Waals surface area contributed by atoms with Gasteiger partial charge in [0.05, 0.1) is 12.7 Å². The topological polar surface area (TPSA) is 140 Å². The van der Waals surface area contributed by atoms with Gasteiger partial charge >= 0.3 is 13.8 Å². The number of esters is 1. The molecule has 12 atom stereocenters. The van der Waals surface area contributed by atoms with Gasteiger partial charge in [-0.15, -0.1) is 0 Å². The number of ether oxygens (including phenoxy) is 1. The van der Waals surface area contributed by atoms with E-state index in [9.17, 15) is 24.2 Å². The number of aliphatic hydroxyl groups excluding tert-OH is 2. The van der Waals surface area contributed by atoms with Crippen LogP contribution in [0, 0.1) is 46.3 Å². The minimum absolute atomic E-state index is 0.0320. The molecule has 0 aromatic heterocycles. The van der Waals surface area contributed by atoms with Gasteiger partial charge in [0, 0.05) is 0 Å². The highest BCUT2D eigenvalue weighted by Crippen LogP contribution is 2.67. The lowest BCUT2D eigenvalue weighted by Crippen LogP contribution is -2.51.